The molecule has 0 spiro atoms. The highest BCUT2D eigenvalue weighted by molar-refractivity contribution is 5.78. The van der Waals surface area contributed by atoms with Gasteiger partial charge in [-0.2, -0.15) is 10.2 Å². The molecule has 36 heavy (non-hydrogen) atoms. The van der Waals surface area contributed by atoms with E-state index in [1.165, 1.54) is 0 Å². The average molecular weight is 488 g/mol. The van der Waals surface area contributed by atoms with Crippen molar-refractivity contribution in [2.75, 3.05) is 19.6 Å². The minimum absolute atomic E-state index is 0.0144. The molecule has 1 amide bonds. The topological polar surface area (TPSA) is 125 Å². The number of hydrogen-bond acceptors (Lipinski definition) is 8. The summed E-state index contributed by atoms with van der Waals surface area (Å²) in [6.45, 7) is 5.08. The summed E-state index contributed by atoms with van der Waals surface area (Å²) >= 11 is 0. The van der Waals surface area contributed by atoms with Crippen molar-refractivity contribution in [3.63, 3.8) is 0 Å². The number of aliphatic hydroxyl groups is 1. The van der Waals surface area contributed by atoms with Gasteiger partial charge in [0, 0.05) is 30.3 Å². The third-order valence-corrected chi connectivity index (χ3v) is 6.66. The molecule has 1 aliphatic carbocycles. The molecule has 1 fully saturated rings. The van der Waals surface area contributed by atoms with Gasteiger partial charge in [-0.15, -0.1) is 0 Å². The van der Waals surface area contributed by atoms with Crippen LogP contribution in [-0.2, 0) is 11.2 Å². The fourth-order valence-electron chi connectivity index (χ4n) is 4.92. The van der Waals surface area contributed by atoms with Crippen LogP contribution in [-0.4, -0.2) is 57.9 Å². The molecule has 0 radical (unpaired) electrons. The molecule has 3 aromatic rings. The summed E-state index contributed by atoms with van der Waals surface area (Å²) in [6.07, 6.45) is 1.89. The lowest BCUT2D eigenvalue weighted by molar-refractivity contribution is -0.129. The third-order valence-electron chi connectivity index (χ3n) is 6.66. The molecule has 2 atom stereocenters. The second kappa shape index (κ2) is 10.1. The van der Waals surface area contributed by atoms with Crippen LogP contribution in [0.25, 0.3) is 22.8 Å². The minimum Gasteiger partial charge on any atom is -0.490 e. The number of amides is 1. The van der Waals surface area contributed by atoms with E-state index in [1.54, 1.807) is 17.0 Å². The molecular formula is C27H29N5O4. The Bertz CT molecular complexity index is 1310. The highest BCUT2D eigenvalue weighted by Crippen LogP contribution is 2.37. The number of carbonyl (C=O) groups is 1. The van der Waals surface area contributed by atoms with Gasteiger partial charge in [-0.25, -0.2) is 0 Å². The van der Waals surface area contributed by atoms with Crippen molar-refractivity contribution < 1.29 is 19.2 Å². The zero-order valence-electron chi connectivity index (χ0n) is 20.4. The highest BCUT2D eigenvalue weighted by Gasteiger charge is 2.29. The van der Waals surface area contributed by atoms with E-state index in [9.17, 15) is 15.2 Å². The predicted octanol–water partition coefficient (Wildman–Crippen LogP) is 3.23. The number of aliphatic hydroxyl groups excluding tert-OH is 1. The number of aromatic nitrogens is 2. The van der Waals surface area contributed by atoms with Crippen molar-refractivity contribution in [2.24, 2.45) is 0 Å². The van der Waals surface area contributed by atoms with E-state index in [0.29, 0.717) is 48.1 Å². The Labute approximate surface area is 209 Å². The maximum atomic E-state index is 12.5. The van der Waals surface area contributed by atoms with Crippen LogP contribution in [0.1, 0.15) is 49.4 Å². The fourth-order valence-corrected chi connectivity index (χ4v) is 4.92. The number of nitrogens with one attached hydrogen (secondary N) is 1. The smallest absolute Gasteiger partial charge is 0.258 e. The number of nitriles is 1. The van der Waals surface area contributed by atoms with Gasteiger partial charge in [0.2, 0.25) is 11.7 Å². The summed E-state index contributed by atoms with van der Waals surface area (Å²) in [5.74, 6) is 1.36. The fraction of sp³-hybridized carbons (Fsp3) is 0.407. The van der Waals surface area contributed by atoms with Gasteiger partial charge in [-0.3, -0.25) is 4.79 Å². The van der Waals surface area contributed by atoms with Crippen molar-refractivity contribution in [1.82, 2.24) is 20.4 Å². The van der Waals surface area contributed by atoms with Gasteiger partial charge in [0.25, 0.3) is 5.89 Å². The van der Waals surface area contributed by atoms with Crippen LogP contribution in [0.15, 0.2) is 40.9 Å². The molecule has 2 N–H and O–H groups in total. The zero-order valence-corrected chi connectivity index (χ0v) is 20.4. The Morgan fingerprint density at radius 2 is 2.19 bits per heavy atom. The van der Waals surface area contributed by atoms with Crippen LogP contribution in [0.2, 0.25) is 0 Å². The highest BCUT2D eigenvalue weighted by atomic mass is 16.5. The molecule has 186 valence electrons. The molecule has 5 rings (SSSR count). The molecule has 0 unspecified atom stereocenters. The van der Waals surface area contributed by atoms with Gasteiger partial charge in [-0.05, 0) is 62.4 Å². The van der Waals surface area contributed by atoms with Crippen LogP contribution in [0, 0.1) is 11.3 Å². The molecule has 1 aromatic heterocycles. The lowest BCUT2D eigenvalue weighted by Gasteiger charge is -2.19. The molecule has 2 heterocycles. The van der Waals surface area contributed by atoms with Gasteiger partial charge >= 0.3 is 0 Å². The Morgan fingerprint density at radius 3 is 2.94 bits per heavy atom. The van der Waals surface area contributed by atoms with E-state index in [-0.39, 0.29) is 24.6 Å². The van der Waals surface area contributed by atoms with Gasteiger partial charge in [-0.1, -0.05) is 23.4 Å². The largest absolute Gasteiger partial charge is 0.490 e. The van der Waals surface area contributed by atoms with E-state index in [4.69, 9.17) is 9.26 Å². The number of β-amino-alcohol motifs (C(OH)–C–C–N with tert-alkyl or cyclic N) is 1. The maximum absolute atomic E-state index is 12.5. The molecule has 1 saturated heterocycles. The Hall–Kier alpha value is -3.74. The number of carbonyl (C=O) groups excluding carboxylic acids is 1. The van der Waals surface area contributed by atoms with E-state index < -0.39 is 6.10 Å². The van der Waals surface area contributed by atoms with Crippen LogP contribution in [0.5, 0.6) is 5.75 Å². The first kappa shape index (κ1) is 24.0. The Morgan fingerprint density at radius 1 is 1.33 bits per heavy atom. The SMILES string of the molecule is CC(C)Oc1ccc(-c2nc(-c3cccc4c3CC[C@H]4NCC(=O)N3CC[C@@H](O)C3)no2)cc1C#N. The van der Waals surface area contributed by atoms with Gasteiger partial charge in [0.05, 0.1) is 24.3 Å². The van der Waals surface area contributed by atoms with E-state index in [0.717, 1.165) is 29.5 Å². The number of rotatable bonds is 7. The van der Waals surface area contributed by atoms with Crippen LogP contribution >= 0.6 is 0 Å². The Kier molecular flexibility index (Phi) is 6.72. The molecule has 0 saturated carbocycles. The lowest BCUT2D eigenvalue weighted by atomic mass is 10.0. The summed E-state index contributed by atoms with van der Waals surface area (Å²) in [5, 5.41) is 26.8. The maximum Gasteiger partial charge on any atom is 0.258 e. The minimum atomic E-state index is -0.415. The third kappa shape index (κ3) is 4.83. The summed E-state index contributed by atoms with van der Waals surface area (Å²) in [7, 11) is 0. The first-order valence-corrected chi connectivity index (χ1v) is 12.3. The number of hydrogen-bond donors (Lipinski definition) is 2. The van der Waals surface area contributed by atoms with Crippen LogP contribution in [0.4, 0.5) is 0 Å². The van der Waals surface area contributed by atoms with Crippen molar-refractivity contribution in [1.29, 1.82) is 5.26 Å². The standard InChI is InChI=1S/C27H29N5O4/c1-16(2)35-24-9-6-17(12-18(24)13-28)27-30-26(31-36-27)22-5-3-4-21-20(22)7-8-23(21)29-14-25(34)32-11-10-19(33)15-32/h3-6,9,12,16,19,23,29,33H,7-8,10-11,14-15H2,1-2H3/t19-,23-/m1/s1. The second-order valence-corrected chi connectivity index (χ2v) is 9.54. The molecule has 9 nitrogen and oxygen atoms in total. The lowest BCUT2D eigenvalue weighted by Crippen LogP contribution is -2.38. The molecule has 2 aliphatic rings. The molecule has 0 bridgehead atoms. The summed E-state index contributed by atoms with van der Waals surface area (Å²) in [4.78, 5) is 18.8. The molecular weight excluding hydrogens is 458 g/mol. The van der Waals surface area contributed by atoms with E-state index >= 15 is 0 Å². The van der Waals surface area contributed by atoms with Crippen molar-refractivity contribution in [3.05, 3.63) is 53.1 Å². The molecule has 2 aromatic carbocycles. The number of fused-ring (bicyclic) bond motifs is 1. The monoisotopic (exact) mass is 487 g/mol. The van der Waals surface area contributed by atoms with Gasteiger partial charge in [0.15, 0.2) is 0 Å². The summed E-state index contributed by atoms with van der Waals surface area (Å²) in [6, 6.07) is 13.5. The summed E-state index contributed by atoms with van der Waals surface area (Å²) < 4.78 is 11.3. The average Bonchev–Trinajstić information content (AvgIpc) is 3.62. The van der Waals surface area contributed by atoms with Crippen molar-refractivity contribution in [2.45, 2.75) is 51.4 Å². The second-order valence-electron chi connectivity index (χ2n) is 9.54. The molecule has 9 heteroatoms. The normalized spacial score (nSPS) is 18.9. The number of benzene rings is 2. The summed E-state index contributed by atoms with van der Waals surface area (Å²) in [5.41, 5.74) is 4.24. The Balaban J connectivity index is 1.32. The van der Waals surface area contributed by atoms with Crippen LogP contribution in [0.3, 0.4) is 0 Å². The quantitative estimate of drug-likeness (QED) is 0.520. The first-order chi connectivity index (χ1) is 17.4. The van der Waals surface area contributed by atoms with Crippen LogP contribution < -0.4 is 10.1 Å². The van der Waals surface area contributed by atoms with Gasteiger partial charge in [0.1, 0.15) is 11.8 Å². The zero-order chi connectivity index (χ0) is 25.2. The molecule has 1 aliphatic heterocycles. The predicted molar refractivity (Wildman–Crippen MR) is 132 cm³/mol. The van der Waals surface area contributed by atoms with E-state index in [2.05, 4.69) is 27.6 Å². The van der Waals surface area contributed by atoms with Gasteiger partial charge < -0.3 is 24.6 Å². The number of nitrogens with zero attached hydrogens (tertiary/aromatic N) is 4. The first-order valence-electron chi connectivity index (χ1n) is 12.3. The van der Waals surface area contributed by atoms with E-state index in [1.807, 2.05) is 32.0 Å². The van der Waals surface area contributed by atoms with Crippen molar-refractivity contribution >= 4 is 5.91 Å². The number of ether oxygens (including phenoxy) is 1. The number of likely N-dealkylation sites (tertiary alicyclic amines) is 1. The van der Waals surface area contributed by atoms with Crippen molar-refractivity contribution in [3.8, 4) is 34.7 Å².